The van der Waals surface area contributed by atoms with Crippen molar-refractivity contribution >= 4 is 22.5 Å². The van der Waals surface area contributed by atoms with Crippen molar-refractivity contribution in [1.29, 1.82) is 0 Å². The molecule has 0 spiro atoms. The molecule has 3 rings (SSSR count). The van der Waals surface area contributed by atoms with Gasteiger partial charge in [0.25, 0.3) is 0 Å². The summed E-state index contributed by atoms with van der Waals surface area (Å²) in [5, 5.41) is 2.02. The van der Waals surface area contributed by atoms with Crippen LogP contribution in [0.3, 0.4) is 0 Å². The van der Waals surface area contributed by atoms with Gasteiger partial charge in [0.15, 0.2) is 5.65 Å². The zero-order valence-corrected chi connectivity index (χ0v) is 8.48. The molecule has 0 bridgehead atoms. The maximum Gasteiger partial charge on any atom is 0.181 e. The minimum Gasteiger partial charge on any atom is -0.249 e. The minimum absolute atomic E-state index is 0.635. The van der Waals surface area contributed by atoms with Crippen molar-refractivity contribution in [3.05, 3.63) is 36.2 Å². The predicted molar refractivity (Wildman–Crippen MR) is 58.4 cm³/mol. The summed E-state index contributed by atoms with van der Waals surface area (Å²) < 4.78 is 0. The molecule has 0 saturated carbocycles. The lowest BCUT2D eigenvalue weighted by atomic mass is 10.3. The van der Waals surface area contributed by atoms with E-state index in [1.165, 1.54) is 6.33 Å². The third-order valence-electron chi connectivity index (χ3n) is 2.00. The molecule has 0 radical (unpaired) electrons. The average molecular weight is 214 g/mol. The largest absolute Gasteiger partial charge is 0.249 e. The highest BCUT2D eigenvalue weighted by Crippen LogP contribution is 2.22. The normalized spacial score (nSPS) is 10.7. The van der Waals surface area contributed by atoms with Gasteiger partial charge in [-0.15, -0.1) is 11.3 Å². The molecule has 3 heterocycles. The van der Waals surface area contributed by atoms with Crippen LogP contribution in [0.5, 0.6) is 0 Å². The molecule has 72 valence electrons. The molecule has 4 nitrogen and oxygen atoms in total. The van der Waals surface area contributed by atoms with Crippen LogP contribution < -0.4 is 0 Å². The second kappa shape index (κ2) is 3.36. The Labute approximate surface area is 89.7 Å². The quantitative estimate of drug-likeness (QED) is 0.622. The van der Waals surface area contributed by atoms with Crippen LogP contribution in [0.2, 0.25) is 0 Å². The van der Waals surface area contributed by atoms with Gasteiger partial charge in [0.1, 0.15) is 17.5 Å². The first kappa shape index (κ1) is 8.43. The van der Waals surface area contributed by atoms with Crippen molar-refractivity contribution in [3.8, 4) is 10.6 Å². The summed E-state index contributed by atoms with van der Waals surface area (Å²) in [6, 6.07) is 4.01. The standard InChI is InChI=1S/C10H6N4S/c1-2-9(15-3-1)7-5-12-8-4-11-6-13-10(8)14-7/h1-6H. The van der Waals surface area contributed by atoms with Gasteiger partial charge in [0.2, 0.25) is 0 Å². The van der Waals surface area contributed by atoms with Crippen LogP contribution in [0, 0.1) is 0 Å². The zero-order chi connectivity index (χ0) is 10.1. The van der Waals surface area contributed by atoms with Crippen molar-refractivity contribution in [2.75, 3.05) is 0 Å². The van der Waals surface area contributed by atoms with E-state index in [1.54, 1.807) is 23.7 Å². The monoisotopic (exact) mass is 214 g/mol. The number of fused-ring (bicyclic) bond motifs is 1. The van der Waals surface area contributed by atoms with Gasteiger partial charge in [0, 0.05) is 0 Å². The Hall–Kier alpha value is -1.88. The van der Waals surface area contributed by atoms with Gasteiger partial charge < -0.3 is 0 Å². The Bertz CT molecular complexity index is 591. The molecular formula is C10H6N4S. The average Bonchev–Trinajstić information content (AvgIpc) is 2.82. The zero-order valence-electron chi connectivity index (χ0n) is 7.66. The van der Waals surface area contributed by atoms with Crippen molar-refractivity contribution in [2.45, 2.75) is 0 Å². The first-order chi connectivity index (χ1) is 7.43. The second-order valence-electron chi connectivity index (χ2n) is 2.96. The summed E-state index contributed by atoms with van der Waals surface area (Å²) in [5.74, 6) is 0. The number of rotatable bonds is 1. The van der Waals surface area contributed by atoms with Gasteiger partial charge in [-0.2, -0.15) is 0 Å². The van der Waals surface area contributed by atoms with Gasteiger partial charge in [-0.05, 0) is 11.4 Å². The molecule has 15 heavy (non-hydrogen) atoms. The molecule has 3 aromatic heterocycles. The van der Waals surface area contributed by atoms with Crippen LogP contribution in [0.25, 0.3) is 21.7 Å². The van der Waals surface area contributed by atoms with Crippen LogP contribution in [0.1, 0.15) is 0 Å². The van der Waals surface area contributed by atoms with Gasteiger partial charge in [-0.25, -0.2) is 19.9 Å². The summed E-state index contributed by atoms with van der Waals surface area (Å²) in [4.78, 5) is 17.7. The fourth-order valence-corrected chi connectivity index (χ4v) is 1.99. The van der Waals surface area contributed by atoms with E-state index in [0.29, 0.717) is 5.65 Å². The van der Waals surface area contributed by atoms with Crippen molar-refractivity contribution in [2.24, 2.45) is 0 Å². The number of hydrogen-bond donors (Lipinski definition) is 0. The predicted octanol–water partition coefficient (Wildman–Crippen LogP) is 2.15. The SMILES string of the molecule is c1csc(-c2cnc3cncnc3n2)c1. The first-order valence-electron chi connectivity index (χ1n) is 4.40. The molecule has 0 unspecified atom stereocenters. The Kier molecular flexibility index (Phi) is 1.89. The second-order valence-corrected chi connectivity index (χ2v) is 3.91. The molecule has 0 aliphatic carbocycles. The number of thiophene rings is 1. The lowest BCUT2D eigenvalue weighted by Crippen LogP contribution is -1.90. The lowest BCUT2D eigenvalue weighted by molar-refractivity contribution is 1.15. The van der Waals surface area contributed by atoms with Crippen LogP contribution >= 0.6 is 11.3 Å². The summed E-state index contributed by atoms with van der Waals surface area (Å²) >= 11 is 1.64. The highest BCUT2D eigenvalue weighted by atomic mass is 32.1. The molecule has 0 amide bonds. The van der Waals surface area contributed by atoms with Crippen molar-refractivity contribution < 1.29 is 0 Å². The Balaban J connectivity index is 2.22. The summed E-state index contributed by atoms with van der Waals surface area (Å²) in [5.41, 5.74) is 2.21. The lowest BCUT2D eigenvalue weighted by Gasteiger charge is -1.97. The van der Waals surface area contributed by atoms with E-state index >= 15 is 0 Å². The van der Waals surface area contributed by atoms with Crippen LogP contribution in [0.15, 0.2) is 36.2 Å². The molecule has 5 heteroatoms. The molecule has 0 N–H and O–H groups in total. The summed E-state index contributed by atoms with van der Waals surface area (Å²) in [7, 11) is 0. The smallest absolute Gasteiger partial charge is 0.181 e. The van der Waals surface area contributed by atoms with E-state index in [0.717, 1.165) is 16.1 Å². The Morgan fingerprint density at radius 2 is 2.13 bits per heavy atom. The third-order valence-corrected chi connectivity index (χ3v) is 2.89. The Morgan fingerprint density at radius 3 is 3.00 bits per heavy atom. The third kappa shape index (κ3) is 1.46. The van der Waals surface area contributed by atoms with Crippen LogP contribution in [-0.2, 0) is 0 Å². The topological polar surface area (TPSA) is 51.6 Å². The molecule has 0 atom stereocenters. The van der Waals surface area contributed by atoms with E-state index in [-0.39, 0.29) is 0 Å². The van der Waals surface area contributed by atoms with Gasteiger partial charge >= 0.3 is 0 Å². The van der Waals surface area contributed by atoms with Crippen LogP contribution in [-0.4, -0.2) is 19.9 Å². The fraction of sp³-hybridized carbons (Fsp3) is 0. The van der Waals surface area contributed by atoms with E-state index in [4.69, 9.17) is 0 Å². The maximum atomic E-state index is 4.41. The molecule has 0 aromatic carbocycles. The molecule has 0 aliphatic rings. The Morgan fingerprint density at radius 1 is 1.13 bits per heavy atom. The summed E-state index contributed by atoms with van der Waals surface area (Å²) in [6.07, 6.45) is 4.89. The van der Waals surface area contributed by atoms with Crippen LogP contribution in [0.4, 0.5) is 0 Å². The number of aromatic nitrogens is 4. The van der Waals surface area contributed by atoms with E-state index in [9.17, 15) is 0 Å². The first-order valence-corrected chi connectivity index (χ1v) is 5.28. The van der Waals surface area contributed by atoms with Crippen molar-refractivity contribution in [3.63, 3.8) is 0 Å². The van der Waals surface area contributed by atoms with Gasteiger partial charge in [0.05, 0.1) is 17.3 Å². The molecular weight excluding hydrogens is 208 g/mol. The molecule has 0 saturated heterocycles. The summed E-state index contributed by atoms with van der Waals surface area (Å²) in [6.45, 7) is 0. The van der Waals surface area contributed by atoms with E-state index < -0.39 is 0 Å². The number of hydrogen-bond acceptors (Lipinski definition) is 5. The minimum atomic E-state index is 0.635. The fourth-order valence-electron chi connectivity index (χ4n) is 1.31. The molecule has 0 aliphatic heterocycles. The molecule has 0 fully saturated rings. The molecule has 3 aromatic rings. The van der Waals surface area contributed by atoms with Gasteiger partial charge in [-0.1, -0.05) is 6.07 Å². The van der Waals surface area contributed by atoms with E-state index in [1.807, 2.05) is 17.5 Å². The number of nitrogens with zero attached hydrogens (tertiary/aromatic N) is 4. The van der Waals surface area contributed by atoms with Crippen molar-refractivity contribution in [1.82, 2.24) is 19.9 Å². The van der Waals surface area contributed by atoms with E-state index in [2.05, 4.69) is 19.9 Å². The van der Waals surface area contributed by atoms with Gasteiger partial charge in [-0.3, -0.25) is 0 Å². The maximum absolute atomic E-state index is 4.41. The highest BCUT2D eigenvalue weighted by Gasteiger charge is 2.03. The highest BCUT2D eigenvalue weighted by molar-refractivity contribution is 7.13.